The monoisotopic (exact) mass is 370 g/mol. The molecule has 26 heavy (non-hydrogen) atoms. The number of rotatable bonds is 7. The van der Waals surface area contributed by atoms with Gasteiger partial charge in [-0.05, 0) is 15.4 Å². The quantitative estimate of drug-likeness (QED) is 0.602. The van der Waals surface area contributed by atoms with E-state index in [1.165, 1.54) is 10.4 Å². The van der Waals surface area contributed by atoms with Crippen molar-refractivity contribution in [2.45, 2.75) is 44.9 Å². The maximum absolute atomic E-state index is 9.28. The molecule has 0 saturated carbocycles. The predicted octanol–water partition coefficient (Wildman–Crippen LogP) is 2.96. The van der Waals surface area contributed by atoms with E-state index in [4.69, 9.17) is 9.16 Å². The van der Waals surface area contributed by atoms with Crippen molar-refractivity contribution in [3.8, 4) is 0 Å². The lowest BCUT2D eigenvalue weighted by molar-refractivity contribution is 0.208. The summed E-state index contributed by atoms with van der Waals surface area (Å²) in [5.41, 5.74) is 0. The zero-order valence-electron chi connectivity index (χ0n) is 16.2. The number of aliphatic hydroxyl groups is 1. The second kappa shape index (κ2) is 7.65. The Kier molecular flexibility index (Phi) is 5.68. The van der Waals surface area contributed by atoms with Crippen LogP contribution in [0.15, 0.2) is 60.7 Å². The van der Waals surface area contributed by atoms with Crippen molar-refractivity contribution >= 4 is 18.7 Å². The molecule has 0 amide bonds. The average molecular weight is 371 g/mol. The van der Waals surface area contributed by atoms with Crippen LogP contribution in [-0.2, 0) is 9.16 Å². The Morgan fingerprint density at radius 2 is 1.50 bits per heavy atom. The summed E-state index contributed by atoms with van der Waals surface area (Å²) in [7, 11) is -2.48. The second-order valence-corrected chi connectivity index (χ2v) is 12.6. The molecule has 0 aromatic heterocycles. The molecule has 3 rings (SSSR count). The van der Waals surface area contributed by atoms with Crippen LogP contribution in [-0.4, -0.2) is 38.8 Å². The molecule has 0 radical (unpaired) electrons. The maximum Gasteiger partial charge on any atom is 0.261 e. The fourth-order valence-electron chi connectivity index (χ4n) is 3.92. The molecule has 0 bridgehead atoms. The number of epoxide rings is 1. The van der Waals surface area contributed by atoms with E-state index < -0.39 is 8.32 Å². The van der Waals surface area contributed by atoms with Crippen LogP contribution < -0.4 is 10.4 Å². The third-order valence-electron chi connectivity index (χ3n) is 5.34. The van der Waals surface area contributed by atoms with Crippen LogP contribution in [0.2, 0.25) is 5.04 Å². The molecule has 2 aromatic carbocycles. The smallest absolute Gasteiger partial charge is 0.261 e. The van der Waals surface area contributed by atoms with Crippen molar-refractivity contribution in [1.82, 2.24) is 0 Å². The van der Waals surface area contributed by atoms with E-state index in [9.17, 15) is 5.11 Å². The first kappa shape index (κ1) is 19.3. The molecule has 4 heteroatoms. The van der Waals surface area contributed by atoms with Crippen LogP contribution in [0.5, 0.6) is 0 Å². The Balaban J connectivity index is 1.98. The van der Waals surface area contributed by atoms with Crippen molar-refractivity contribution in [2.75, 3.05) is 13.2 Å². The second-order valence-electron chi connectivity index (χ2n) is 8.27. The summed E-state index contributed by atoms with van der Waals surface area (Å²) in [5, 5.41) is 11.8. The number of benzene rings is 2. The summed E-state index contributed by atoms with van der Waals surface area (Å²) in [6.07, 6.45) is 0.0889. The molecule has 1 aliphatic rings. The highest BCUT2D eigenvalue weighted by Gasteiger charge is 2.51. The molecule has 1 saturated heterocycles. The third-order valence-corrected chi connectivity index (χ3v) is 10.3. The highest BCUT2D eigenvalue weighted by molar-refractivity contribution is 6.99. The molecule has 1 heterocycles. The molecule has 140 valence electrons. The van der Waals surface area contributed by atoms with Crippen LogP contribution >= 0.6 is 0 Å². The van der Waals surface area contributed by atoms with E-state index in [2.05, 4.69) is 88.4 Å². The van der Waals surface area contributed by atoms with Crippen molar-refractivity contribution in [2.24, 2.45) is 5.92 Å². The molecule has 2 aromatic rings. The summed E-state index contributed by atoms with van der Waals surface area (Å²) in [4.78, 5) is 0. The van der Waals surface area contributed by atoms with Crippen LogP contribution in [0.1, 0.15) is 27.7 Å². The molecule has 0 spiro atoms. The Morgan fingerprint density at radius 1 is 1.00 bits per heavy atom. The third kappa shape index (κ3) is 3.65. The first-order valence-corrected chi connectivity index (χ1v) is 11.3. The van der Waals surface area contributed by atoms with Gasteiger partial charge in [0.15, 0.2) is 0 Å². The Hall–Kier alpha value is -1.46. The predicted molar refractivity (Wildman–Crippen MR) is 108 cm³/mol. The molecular weight excluding hydrogens is 340 g/mol. The first-order chi connectivity index (χ1) is 12.4. The van der Waals surface area contributed by atoms with Crippen LogP contribution in [0.25, 0.3) is 0 Å². The molecule has 3 atom stereocenters. The highest BCUT2D eigenvalue weighted by atomic mass is 28.4. The van der Waals surface area contributed by atoms with Gasteiger partial charge in [0.2, 0.25) is 0 Å². The molecule has 0 aliphatic carbocycles. The van der Waals surface area contributed by atoms with Gasteiger partial charge in [-0.1, -0.05) is 88.4 Å². The van der Waals surface area contributed by atoms with Gasteiger partial charge in [0.05, 0.1) is 12.7 Å². The summed E-state index contributed by atoms with van der Waals surface area (Å²) < 4.78 is 12.5. The lowest BCUT2D eigenvalue weighted by Crippen LogP contribution is -2.67. The van der Waals surface area contributed by atoms with Crippen LogP contribution in [0.3, 0.4) is 0 Å². The zero-order valence-corrected chi connectivity index (χ0v) is 17.2. The minimum Gasteiger partial charge on any atom is -0.407 e. The van der Waals surface area contributed by atoms with E-state index in [0.717, 1.165) is 0 Å². The lowest BCUT2D eigenvalue weighted by atomic mass is 10.1. The van der Waals surface area contributed by atoms with Crippen molar-refractivity contribution in [3.05, 3.63) is 60.7 Å². The van der Waals surface area contributed by atoms with E-state index in [0.29, 0.717) is 6.61 Å². The van der Waals surface area contributed by atoms with Gasteiger partial charge in [0.1, 0.15) is 6.10 Å². The van der Waals surface area contributed by atoms with Gasteiger partial charge in [-0.15, -0.1) is 0 Å². The van der Waals surface area contributed by atoms with Gasteiger partial charge in [-0.3, -0.25) is 0 Å². The molecule has 3 nitrogen and oxygen atoms in total. The van der Waals surface area contributed by atoms with Gasteiger partial charge < -0.3 is 14.3 Å². The zero-order chi connectivity index (χ0) is 18.8. The number of ether oxygens (including phenoxy) is 1. The van der Waals surface area contributed by atoms with Crippen molar-refractivity contribution < 1.29 is 14.3 Å². The summed E-state index contributed by atoms with van der Waals surface area (Å²) in [6, 6.07) is 21.4. The van der Waals surface area contributed by atoms with Gasteiger partial charge in [-0.2, -0.15) is 0 Å². The number of hydrogen-bond donors (Lipinski definition) is 1. The number of aliphatic hydroxyl groups excluding tert-OH is 1. The Bertz CT molecular complexity index is 657. The SMILES string of the molecule is C[C@H](CO[Si](c1ccccc1)(c1ccccc1)C(C)(C)C)[C@@H]1O[C@H]1CO. The van der Waals surface area contributed by atoms with E-state index in [1.807, 2.05) is 0 Å². The normalized spacial score (nSPS) is 21.4. The van der Waals surface area contributed by atoms with E-state index in [-0.39, 0.29) is 29.8 Å². The maximum atomic E-state index is 9.28. The number of hydrogen-bond acceptors (Lipinski definition) is 3. The van der Waals surface area contributed by atoms with Gasteiger partial charge in [0, 0.05) is 12.5 Å². The van der Waals surface area contributed by atoms with Gasteiger partial charge >= 0.3 is 0 Å². The van der Waals surface area contributed by atoms with E-state index in [1.54, 1.807) is 0 Å². The van der Waals surface area contributed by atoms with E-state index >= 15 is 0 Å². The first-order valence-electron chi connectivity index (χ1n) is 9.41. The van der Waals surface area contributed by atoms with Crippen LogP contribution in [0.4, 0.5) is 0 Å². The molecular formula is C22H30O3Si. The molecule has 1 N–H and O–H groups in total. The lowest BCUT2D eigenvalue weighted by Gasteiger charge is -2.43. The van der Waals surface area contributed by atoms with Crippen molar-refractivity contribution in [3.63, 3.8) is 0 Å². The largest absolute Gasteiger partial charge is 0.407 e. The fourth-order valence-corrected chi connectivity index (χ4v) is 8.59. The summed E-state index contributed by atoms with van der Waals surface area (Å²) in [5.74, 6) is 0.258. The average Bonchev–Trinajstić information content (AvgIpc) is 3.43. The van der Waals surface area contributed by atoms with Crippen LogP contribution in [0, 0.1) is 5.92 Å². The minimum absolute atomic E-state index is 0.0176. The standard InChI is InChI=1S/C22H30O3Si/c1-17(21-20(15-23)25-21)16-24-26(22(2,3)4,18-11-7-5-8-12-18)19-13-9-6-10-14-19/h5-14,17,20-21,23H,15-16H2,1-4H3/t17-,20+,21+/m1/s1. The fraction of sp³-hybridized carbons (Fsp3) is 0.455. The summed E-state index contributed by atoms with van der Waals surface area (Å²) >= 11 is 0. The Morgan fingerprint density at radius 3 is 1.88 bits per heavy atom. The van der Waals surface area contributed by atoms with Gasteiger partial charge in [-0.25, -0.2) is 0 Å². The minimum atomic E-state index is -2.48. The molecule has 0 unspecified atom stereocenters. The molecule has 1 fully saturated rings. The topological polar surface area (TPSA) is 42.0 Å². The molecule has 1 aliphatic heterocycles. The summed E-state index contributed by atoms with van der Waals surface area (Å²) in [6.45, 7) is 9.73. The Labute approximate surface area is 158 Å². The van der Waals surface area contributed by atoms with Crippen molar-refractivity contribution in [1.29, 1.82) is 0 Å². The highest BCUT2D eigenvalue weighted by Crippen LogP contribution is 2.38. The van der Waals surface area contributed by atoms with Gasteiger partial charge in [0.25, 0.3) is 8.32 Å².